The molecular formula is C33H56O2. The highest BCUT2D eigenvalue weighted by Gasteiger charge is 2.63. The van der Waals surface area contributed by atoms with Crippen LogP contribution in [0.2, 0.25) is 0 Å². The lowest BCUT2D eigenvalue weighted by molar-refractivity contribution is -0.167. The van der Waals surface area contributed by atoms with Crippen molar-refractivity contribution < 1.29 is 9.53 Å². The Morgan fingerprint density at radius 2 is 1.57 bits per heavy atom. The van der Waals surface area contributed by atoms with Crippen molar-refractivity contribution in [3.05, 3.63) is 11.1 Å². The first-order valence-electron chi connectivity index (χ1n) is 15.1. The molecule has 0 aliphatic heterocycles. The second-order valence-electron chi connectivity index (χ2n) is 15.1. The third-order valence-electron chi connectivity index (χ3n) is 13.0. The Balaban J connectivity index is 1.60. The number of esters is 1. The van der Waals surface area contributed by atoms with Crippen LogP contribution < -0.4 is 0 Å². The highest BCUT2D eigenvalue weighted by Crippen LogP contribution is 2.72. The molecule has 0 N–H and O–H groups in total. The molecule has 2 heteroatoms. The zero-order valence-corrected chi connectivity index (χ0v) is 24.9. The summed E-state index contributed by atoms with van der Waals surface area (Å²) in [7, 11) is 0. The monoisotopic (exact) mass is 484 g/mol. The molecule has 2 nitrogen and oxygen atoms in total. The Kier molecular flexibility index (Phi) is 7.16. The molecule has 2 fully saturated rings. The summed E-state index contributed by atoms with van der Waals surface area (Å²) < 4.78 is 5.88. The fourth-order valence-electron chi connectivity index (χ4n) is 10.1. The number of hydrogen-bond acceptors (Lipinski definition) is 2. The molecule has 0 heterocycles. The van der Waals surface area contributed by atoms with Gasteiger partial charge < -0.3 is 4.74 Å². The minimum Gasteiger partial charge on any atom is -0.462 e. The molecule has 0 radical (unpaired) electrons. The van der Waals surface area contributed by atoms with Crippen molar-refractivity contribution in [1.82, 2.24) is 0 Å². The van der Waals surface area contributed by atoms with Gasteiger partial charge in [0, 0.05) is 12.3 Å². The predicted molar refractivity (Wildman–Crippen MR) is 147 cm³/mol. The van der Waals surface area contributed by atoms with Crippen molar-refractivity contribution in [2.45, 2.75) is 140 Å². The third-order valence-corrected chi connectivity index (χ3v) is 13.0. The fourth-order valence-corrected chi connectivity index (χ4v) is 10.1. The summed E-state index contributed by atoms with van der Waals surface area (Å²) in [4.78, 5) is 11.8. The van der Waals surface area contributed by atoms with E-state index in [9.17, 15) is 4.79 Å². The van der Waals surface area contributed by atoms with Gasteiger partial charge in [-0.05, 0) is 97.2 Å². The van der Waals surface area contributed by atoms with Crippen molar-refractivity contribution in [3.8, 4) is 0 Å². The molecule has 35 heavy (non-hydrogen) atoms. The largest absolute Gasteiger partial charge is 0.462 e. The number of hydrogen-bond donors (Lipinski definition) is 0. The highest BCUT2D eigenvalue weighted by atomic mass is 16.5. The molecule has 0 spiro atoms. The second kappa shape index (κ2) is 9.20. The SMILES string of the molecule is CC(=O)OC1CCC2(C)C3=C(CCC2C1(C)C)C1(C)CCC(C(C)CCC(C)C(C)C)C1(C)CC3. The van der Waals surface area contributed by atoms with Gasteiger partial charge in [-0.1, -0.05) is 86.3 Å². The molecular weight excluding hydrogens is 428 g/mol. The van der Waals surface area contributed by atoms with Crippen LogP contribution in [-0.4, -0.2) is 12.1 Å². The maximum Gasteiger partial charge on any atom is 0.302 e. The van der Waals surface area contributed by atoms with Crippen LogP contribution in [0.5, 0.6) is 0 Å². The first kappa shape index (κ1) is 27.3. The molecule has 8 unspecified atom stereocenters. The number of fused-ring (bicyclic) bond motifs is 4. The maximum absolute atomic E-state index is 11.8. The lowest BCUT2D eigenvalue weighted by Gasteiger charge is -2.62. The standard InChI is InChI=1S/C33H56O2/c1-21(2)22(3)11-12-23(4)25-15-19-33(10)27-13-14-28-30(6,7)29(35-24(5)34)17-18-31(28,8)26(27)16-20-32(25,33)9/h21-23,25,28-29H,11-20H2,1-10H3. The minimum atomic E-state index is -0.114. The van der Waals surface area contributed by atoms with E-state index in [4.69, 9.17) is 4.74 Å². The fraction of sp³-hybridized carbons (Fsp3) is 0.909. The van der Waals surface area contributed by atoms with Crippen LogP contribution in [0.1, 0.15) is 133 Å². The first-order chi connectivity index (χ1) is 16.2. The van der Waals surface area contributed by atoms with Gasteiger partial charge in [0.25, 0.3) is 0 Å². The van der Waals surface area contributed by atoms with Gasteiger partial charge in [0.1, 0.15) is 6.10 Å². The molecule has 0 aromatic rings. The lowest BCUT2D eigenvalue weighted by atomic mass is 9.43. The topological polar surface area (TPSA) is 26.3 Å². The summed E-state index contributed by atoms with van der Waals surface area (Å²) in [6.07, 6.45) is 13.0. The smallest absolute Gasteiger partial charge is 0.302 e. The predicted octanol–water partition coefficient (Wildman–Crippen LogP) is 9.38. The van der Waals surface area contributed by atoms with E-state index in [0.29, 0.717) is 16.7 Å². The summed E-state index contributed by atoms with van der Waals surface area (Å²) in [5, 5.41) is 0. The Morgan fingerprint density at radius 3 is 2.20 bits per heavy atom. The van der Waals surface area contributed by atoms with Gasteiger partial charge in [-0.25, -0.2) is 0 Å². The van der Waals surface area contributed by atoms with Crippen LogP contribution in [0, 0.1) is 51.2 Å². The van der Waals surface area contributed by atoms with E-state index in [2.05, 4.69) is 62.3 Å². The van der Waals surface area contributed by atoms with Crippen molar-refractivity contribution in [2.24, 2.45) is 51.2 Å². The van der Waals surface area contributed by atoms with E-state index >= 15 is 0 Å². The van der Waals surface area contributed by atoms with Crippen molar-refractivity contribution in [1.29, 1.82) is 0 Å². The van der Waals surface area contributed by atoms with Crippen LogP contribution >= 0.6 is 0 Å². The van der Waals surface area contributed by atoms with E-state index in [0.717, 1.165) is 30.1 Å². The number of carbonyl (C=O) groups is 1. The lowest BCUT2D eigenvalue weighted by Crippen LogP contribution is -2.55. The zero-order valence-electron chi connectivity index (χ0n) is 24.9. The Labute approximate surface area is 217 Å². The average molecular weight is 485 g/mol. The number of rotatable bonds is 6. The van der Waals surface area contributed by atoms with Gasteiger partial charge in [0.15, 0.2) is 0 Å². The van der Waals surface area contributed by atoms with E-state index in [1.807, 2.05) is 11.1 Å². The molecule has 0 bridgehead atoms. The molecule has 0 saturated heterocycles. The van der Waals surface area contributed by atoms with Gasteiger partial charge in [0.05, 0.1) is 0 Å². The summed E-state index contributed by atoms with van der Waals surface area (Å²) >= 11 is 0. The van der Waals surface area contributed by atoms with Crippen molar-refractivity contribution in [3.63, 3.8) is 0 Å². The molecule has 0 aromatic carbocycles. The number of carbonyl (C=O) groups excluding carboxylic acids is 1. The summed E-state index contributed by atoms with van der Waals surface area (Å²) in [6, 6.07) is 0. The Bertz CT molecular complexity index is 851. The summed E-state index contributed by atoms with van der Waals surface area (Å²) in [5.41, 5.74) is 4.84. The van der Waals surface area contributed by atoms with Crippen molar-refractivity contribution in [2.75, 3.05) is 0 Å². The van der Waals surface area contributed by atoms with Crippen molar-refractivity contribution >= 4 is 5.97 Å². The van der Waals surface area contributed by atoms with E-state index in [1.54, 1.807) is 6.92 Å². The van der Waals surface area contributed by atoms with E-state index in [1.165, 1.54) is 57.8 Å². The average Bonchev–Trinajstić information content (AvgIpc) is 3.05. The first-order valence-corrected chi connectivity index (χ1v) is 15.1. The van der Waals surface area contributed by atoms with Crippen LogP contribution in [0.3, 0.4) is 0 Å². The molecule has 2 saturated carbocycles. The molecule has 8 atom stereocenters. The van der Waals surface area contributed by atoms with Gasteiger partial charge >= 0.3 is 5.97 Å². The molecule has 4 aliphatic carbocycles. The zero-order chi connectivity index (χ0) is 26.0. The normalized spacial score (nSPS) is 42.2. The van der Waals surface area contributed by atoms with Gasteiger partial charge in [0.2, 0.25) is 0 Å². The molecule has 200 valence electrons. The van der Waals surface area contributed by atoms with Gasteiger partial charge in [-0.3, -0.25) is 4.79 Å². The molecule has 0 aromatic heterocycles. The number of ether oxygens (including phenoxy) is 1. The minimum absolute atomic E-state index is 0.0404. The van der Waals surface area contributed by atoms with Crippen LogP contribution in [-0.2, 0) is 9.53 Å². The Hall–Kier alpha value is -0.790. The second-order valence-corrected chi connectivity index (χ2v) is 15.1. The number of allylic oxidation sites excluding steroid dienone is 2. The Morgan fingerprint density at radius 1 is 0.886 bits per heavy atom. The van der Waals surface area contributed by atoms with E-state index < -0.39 is 0 Å². The molecule has 0 amide bonds. The summed E-state index contributed by atoms with van der Waals surface area (Å²) in [6.45, 7) is 24.1. The van der Waals surface area contributed by atoms with E-state index in [-0.39, 0.29) is 22.9 Å². The van der Waals surface area contributed by atoms with Crippen LogP contribution in [0.4, 0.5) is 0 Å². The van der Waals surface area contributed by atoms with Gasteiger partial charge in [-0.2, -0.15) is 0 Å². The highest BCUT2D eigenvalue weighted by molar-refractivity contribution is 5.66. The molecule has 4 rings (SSSR count). The van der Waals surface area contributed by atoms with Crippen LogP contribution in [0.15, 0.2) is 11.1 Å². The molecule has 4 aliphatic rings. The van der Waals surface area contributed by atoms with Crippen LogP contribution in [0.25, 0.3) is 0 Å². The third kappa shape index (κ3) is 4.16. The van der Waals surface area contributed by atoms with Gasteiger partial charge in [-0.15, -0.1) is 0 Å². The quantitative estimate of drug-likeness (QED) is 0.277. The summed E-state index contributed by atoms with van der Waals surface area (Å²) in [5.74, 6) is 3.81. The maximum atomic E-state index is 11.8.